The molecule has 0 aliphatic carbocycles. The van der Waals surface area contributed by atoms with Gasteiger partial charge in [-0.2, -0.15) is 18.4 Å². The maximum atomic E-state index is 13.3. The van der Waals surface area contributed by atoms with Gasteiger partial charge >= 0.3 is 6.18 Å². The number of hydrogen-bond donors (Lipinski definition) is 1. The van der Waals surface area contributed by atoms with E-state index < -0.39 is 33.4 Å². The van der Waals surface area contributed by atoms with Crippen LogP contribution in [0.25, 0.3) is 0 Å². The highest BCUT2D eigenvalue weighted by Crippen LogP contribution is 2.41. The molecule has 0 saturated heterocycles. The fourth-order valence-electron chi connectivity index (χ4n) is 3.54. The Balaban J connectivity index is 1.83. The molecule has 3 rings (SSSR count). The van der Waals surface area contributed by atoms with E-state index >= 15 is 0 Å². The summed E-state index contributed by atoms with van der Waals surface area (Å²) in [6.45, 7) is 1.18. The minimum atomic E-state index is -4.74. The standard InChI is InChI=1S/C21H20F3N3O3S/c1-20(12-25,21(22,23)24)14-4-6-15(7-5-14)26-19(28)18-17-9-8-16(31(3,29)30)10-13(17)11-27(18)2/h4-10,18H,11H2,1-3H3,(H,26,28). The number of fused-ring (bicyclic) bond motifs is 1. The maximum Gasteiger partial charge on any atom is 0.410 e. The monoisotopic (exact) mass is 451 g/mol. The first-order valence-electron chi connectivity index (χ1n) is 9.20. The van der Waals surface area contributed by atoms with Gasteiger partial charge in [0.05, 0.1) is 11.0 Å². The molecule has 0 bridgehead atoms. The van der Waals surface area contributed by atoms with E-state index in [0.717, 1.165) is 30.9 Å². The molecule has 164 valence electrons. The van der Waals surface area contributed by atoms with Crippen molar-refractivity contribution in [2.24, 2.45) is 0 Å². The third-order valence-electron chi connectivity index (χ3n) is 5.47. The summed E-state index contributed by atoms with van der Waals surface area (Å²) < 4.78 is 63.3. The van der Waals surface area contributed by atoms with Gasteiger partial charge in [0.2, 0.25) is 5.91 Å². The molecule has 1 aliphatic rings. The molecular formula is C21H20F3N3O3S. The van der Waals surface area contributed by atoms with Crippen LogP contribution in [-0.2, 0) is 26.6 Å². The number of nitrogens with zero attached hydrogens (tertiary/aromatic N) is 2. The van der Waals surface area contributed by atoms with Gasteiger partial charge in [0.15, 0.2) is 15.3 Å². The Bertz CT molecular complexity index is 1170. The molecule has 2 aromatic rings. The van der Waals surface area contributed by atoms with Crippen molar-refractivity contribution in [3.8, 4) is 6.07 Å². The molecule has 2 aromatic carbocycles. The van der Waals surface area contributed by atoms with Gasteiger partial charge in [0, 0.05) is 18.5 Å². The molecule has 1 N–H and O–H groups in total. The number of carbonyl (C=O) groups excluding carboxylic acids is 1. The molecule has 0 spiro atoms. The topological polar surface area (TPSA) is 90.3 Å². The van der Waals surface area contributed by atoms with Crippen LogP contribution in [0.3, 0.4) is 0 Å². The average Bonchev–Trinajstić information content (AvgIpc) is 3.01. The Morgan fingerprint density at radius 1 is 1.19 bits per heavy atom. The number of likely N-dealkylation sites (N-methyl/N-ethyl adjacent to an activating group) is 1. The van der Waals surface area contributed by atoms with Crippen molar-refractivity contribution in [2.75, 3.05) is 18.6 Å². The Labute approximate surface area is 178 Å². The molecule has 6 nitrogen and oxygen atoms in total. The molecular weight excluding hydrogens is 431 g/mol. The Kier molecular flexibility index (Phi) is 5.63. The molecule has 0 saturated carbocycles. The lowest BCUT2D eigenvalue weighted by atomic mass is 9.83. The fraction of sp³-hybridized carbons (Fsp3) is 0.333. The SMILES string of the molecule is CN1Cc2cc(S(C)(=O)=O)ccc2C1C(=O)Nc1ccc(C(C)(C#N)C(F)(F)F)cc1. The summed E-state index contributed by atoms with van der Waals surface area (Å²) in [7, 11) is -1.66. The second kappa shape index (κ2) is 7.66. The highest BCUT2D eigenvalue weighted by molar-refractivity contribution is 7.90. The van der Waals surface area contributed by atoms with Crippen LogP contribution < -0.4 is 5.32 Å². The number of sulfone groups is 1. The van der Waals surface area contributed by atoms with Crippen molar-refractivity contribution in [3.63, 3.8) is 0 Å². The predicted molar refractivity (Wildman–Crippen MR) is 108 cm³/mol. The van der Waals surface area contributed by atoms with Crippen LogP contribution in [0, 0.1) is 11.3 Å². The number of halogens is 3. The fourth-order valence-corrected chi connectivity index (χ4v) is 4.22. The number of anilines is 1. The van der Waals surface area contributed by atoms with E-state index in [9.17, 15) is 26.4 Å². The predicted octanol–water partition coefficient (Wildman–Crippen LogP) is 3.56. The first-order chi connectivity index (χ1) is 14.3. The van der Waals surface area contributed by atoms with Crippen molar-refractivity contribution in [1.29, 1.82) is 5.26 Å². The van der Waals surface area contributed by atoms with Crippen molar-refractivity contribution in [2.45, 2.75) is 36.0 Å². The molecule has 2 atom stereocenters. The third kappa shape index (κ3) is 4.16. The van der Waals surface area contributed by atoms with Gasteiger partial charge in [-0.1, -0.05) is 18.2 Å². The number of alkyl halides is 3. The molecule has 0 radical (unpaired) electrons. The summed E-state index contributed by atoms with van der Waals surface area (Å²) in [5, 5.41) is 11.7. The van der Waals surface area contributed by atoms with Gasteiger partial charge in [-0.25, -0.2) is 8.42 Å². The van der Waals surface area contributed by atoms with E-state index in [-0.39, 0.29) is 16.1 Å². The number of rotatable bonds is 4. The number of benzene rings is 2. The number of carbonyl (C=O) groups is 1. The maximum absolute atomic E-state index is 13.3. The minimum absolute atomic E-state index is 0.168. The summed E-state index contributed by atoms with van der Waals surface area (Å²) in [6.07, 6.45) is -3.63. The van der Waals surface area contributed by atoms with Gasteiger partial charge < -0.3 is 5.32 Å². The summed E-state index contributed by atoms with van der Waals surface area (Å²) >= 11 is 0. The number of nitrogens with one attached hydrogen (secondary N) is 1. The Hall–Kier alpha value is -2.90. The van der Waals surface area contributed by atoms with E-state index in [0.29, 0.717) is 12.1 Å². The second-order valence-corrected chi connectivity index (χ2v) is 9.77. The van der Waals surface area contributed by atoms with Crippen molar-refractivity contribution in [3.05, 3.63) is 59.2 Å². The molecule has 10 heteroatoms. The quantitative estimate of drug-likeness (QED) is 0.768. The lowest BCUT2D eigenvalue weighted by Crippen LogP contribution is -2.38. The lowest BCUT2D eigenvalue weighted by Gasteiger charge is -2.25. The molecule has 2 unspecified atom stereocenters. The van der Waals surface area contributed by atoms with Crippen LogP contribution in [0.15, 0.2) is 47.4 Å². The van der Waals surface area contributed by atoms with E-state index in [1.165, 1.54) is 24.3 Å². The highest BCUT2D eigenvalue weighted by atomic mass is 32.2. The van der Waals surface area contributed by atoms with Gasteiger partial charge in [-0.3, -0.25) is 9.69 Å². The zero-order chi connectivity index (χ0) is 23.2. The number of amides is 1. The molecule has 0 fully saturated rings. The van der Waals surface area contributed by atoms with E-state index in [4.69, 9.17) is 5.26 Å². The van der Waals surface area contributed by atoms with E-state index in [1.807, 2.05) is 0 Å². The van der Waals surface area contributed by atoms with E-state index in [2.05, 4.69) is 5.32 Å². The Morgan fingerprint density at radius 3 is 2.32 bits per heavy atom. The second-order valence-electron chi connectivity index (χ2n) is 7.75. The van der Waals surface area contributed by atoms with Crippen LogP contribution >= 0.6 is 0 Å². The van der Waals surface area contributed by atoms with Crippen LogP contribution in [-0.4, -0.2) is 38.7 Å². The first-order valence-corrected chi connectivity index (χ1v) is 11.1. The molecule has 0 aromatic heterocycles. The van der Waals surface area contributed by atoms with E-state index in [1.54, 1.807) is 24.1 Å². The average molecular weight is 451 g/mol. The summed E-state index contributed by atoms with van der Waals surface area (Å²) in [4.78, 5) is 14.8. The number of hydrogen-bond acceptors (Lipinski definition) is 5. The van der Waals surface area contributed by atoms with Crippen LogP contribution in [0.4, 0.5) is 18.9 Å². The highest BCUT2D eigenvalue weighted by Gasteiger charge is 2.53. The molecule has 1 heterocycles. The lowest BCUT2D eigenvalue weighted by molar-refractivity contribution is -0.168. The normalized spacial score (nSPS) is 18.7. The van der Waals surface area contributed by atoms with Crippen molar-refractivity contribution >= 4 is 21.4 Å². The van der Waals surface area contributed by atoms with Gasteiger partial charge in [-0.05, 0) is 54.9 Å². The largest absolute Gasteiger partial charge is 0.410 e. The van der Waals surface area contributed by atoms with Gasteiger partial charge in [-0.15, -0.1) is 0 Å². The first kappa shape index (κ1) is 22.8. The summed E-state index contributed by atoms with van der Waals surface area (Å²) in [5.41, 5.74) is -1.21. The van der Waals surface area contributed by atoms with Crippen molar-refractivity contribution in [1.82, 2.24) is 4.90 Å². The molecule has 31 heavy (non-hydrogen) atoms. The van der Waals surface area contributed by atoms with Crippen LogP contribution in [0.1, 0.15) is 29.7 Å². The minimum Gasteiger partial charge on any atom is -0.324 e. The zero-order valence-corrected chi connectivity index (χ0v) is 17.8. The Morgan fingerprint density at radius 2 is 1.81 bits per heavy atom. The molecule has 1 amide bonds. The number of nitriles is 1. The van der Waals surface area contributed by atoms with Gasteiger partial charge in [0.25, 0.3) is 0 Å². The molecule has 1 aliphatic heterocycles. The smallest absolute Gasteiger partial charge is 0.324 e. The van der Waals surface area contributed by atoms with Crippen molar-refractivity contribution < 1.29 is 26.4 Å². The van der Waals surface area contributed by atoms with Crippen LogP contribution in [0.5, 0.6) is 0 Å². The third-order valence-corrected chi connectivity index (χ3v) is 6.58. The van der Waals surface area contributed by atoms with Gasteiger partial charge in [0.1, 0.15) is 6.04 Å². The zero-order valence-electron chi connectivity index (χ0n) is 17.0. The summed E-state index contributed by atoms with van der Waals surface area (Å²) in [5.74, 6) is -0.403. The summed E-state index contributed by atoms with van der Waals surface area (Å²) in [6, 6.07) is 10.2. The van der Waals surface area contributed by atoms with Crippen LogP contribution in [0.2, 0.25) is 0 Å².